The molecule has 3 aromatic rings. The predicted octanol–water partition coefficient (Wildman–Crippen LogP) is 3.98. The number of nitrogens with one attached hydrogen (secondary N) is 1. The van der Waals surface area contributed by atoms with Crippen LogP contribution < -0.4 is 5.32 Å². The highest BCUT2D eigenvalue weighted by atomic mass is 32.2. The largest absolute Gasteiger partial charge is 0.467 e. The van der Waals surface area contributed by atoms with Crippen LogP contribution in [-0.2, 0) is 11.3 Å². The molecule has 0 aliphatic rings. The Morgan fingerprint density at radius 3 is 2.59 bits per heavy atom. The molecule has 0 fully saturated rings. The number of carbonyl (C=O) groups excluding carboxylic acids is 1. The summed E-state index contributed by atoms with van der Waals surface area (Å²) in [6, 6.07) is 13.9. The third kappa shape index (κ3) is 5.01. The van der Waals surface area contributed by atoms with Crippen molar-refractivity contribution < 1.29 is 9.21 Å². The standard InChI is InChI=1S/C20H24N4O2S/c1-3-16(4-2)21-18(25)14-27-20-23-22-19(15-9-6-5-7-10-15)24(20)13-17-11-8-12-26-17/h5-12,16H,3-4,13-14H2,1-2H3,(H,21,25). The van der Waals surface area contributed by atoms with Crippen molar-refractivity contribution in [3.63, 3.8) is 0 Å². The fourth-order valence-electron chi connectivity index (χ4n) is 2.79. The van der Waals surface area contributed by atoms with Gasteiger partial charge in [-0.1, -0.05) is 55.9 Å². The lowest BCUT2D eigenvalue weighted by molar-refractivity contribution is -0.119. The van der Waals surface area contributed by atoms with Gasteiger partial charge >= 0.3 is 0 Å². The number of hydrogen-bond acceptors (Lipinski definition) is 5. The van der Waals surface area contributed by atoms with Crippen molar-refractivity contribution in [2.24, 2.45) is 0 Å². The van der Waals surface area contributed by atoms with Crippen LogP contribution in [0.15, 0.2) is 58.3 Å². The van der Waals surface area contributed by atoms with Crippen LogP contribution in [0.2, 0.25) is 0 Å². The third-order valence-electron chi connectivity index (χ3n) is 4.33. The van der Waals surface area contributed by atoms with Gasteiger partial charge in [-0.15, -0.1) is 10.2 Å². The van der Waals surface area contributed by atoms with Crippen molar-refractivity contribution in [2.75, 3.05) is 5.75 Å². The van der Waals surface area contributed by atoms with E-state index in [1.165, 1.54) is 11.8 Å². The molecule has 0 bridgehead atoms. The Labute approximate surface area is 163 Å². The second-order valence-corrected chi connectivity index (χ2v) is 7.15. The maximum atomic E-state index is 12.2. The molecule has 6 nitrogen and oxygen atoms in total. The molecule has 0 saturated heterocycles. The number of benzene rings is 1. The molecule has 0 saturated carbocycles. The van der Waals surface area contributed by atoms with E-state index in [4.69, 9.17) is 4.42 Å². The smallest absolute Gasteiger partial charge is 0.230 e. The SMILES string of the molecule is CCC(CC)NC(=O)CSc1nnc(-c2ccccc2)n1Cc1ccco1. The average molecular weight is 385 g/mol. The highest BCUT2D eigenvalue weighted by Crippen LogP contribution is 2.25. The van der Waals surface area contributed by atoms with Gasteiger partial charge in [0.05, 0.1) is 18.6 Å². The summed E-state index contributed by atoms with van der Waals surface area (Å²) in [7, 11) is 0. The van der Waals surface area contributed by atoms with Gasteiger partial charge in [-0.05, 0) is 25.0 Å². The van der Waals surface area contributed by atoms with Crippen LogP contribution in [0.3, 0.4) is 0 Å². The fraction of sp³-hybridized carbons (Fsp3) is 0.350. The Bertz CT molecular complexity index is 842. The summed E-state index contributed by atoms with van der Waals surface area (Å²) in [4.78, 5) is 12.2. The highest BCUT2D eigenvalue weighted by molar-refractivity contribution is 7.99. The number of hydrogen-bond donors (Lipinski definition) is 1. The average Bonchev–Trinajstić information content (AvgIpc) is 3.35. The minimum Gasteiger partial charge on any atom is -0.467 e. The van der Waals surface area contributed by atoms with E-state index in [1.54, 1.807) is 6.26 Å². The normalized spacial score (nSPS) is 11.1. The van der Waals surface area contributed by atoms with Gasteiger partial charge in [0, 0.05) is 11.6 Å². The Morgan fingerprint density at radius 1 is 1.15 bits per heavy atom. The number of furan rings is 1. The maximum absolute atomic E-state index is 12.2. The maximum Gasteiger partial charge on any atom is 0.230 e. The van der Waals surface area contributed by atoms with Crippen LogP contribution in [0.1, 0.15) is 32.4 Å². The molecule has 1 N–H and O–H groups in total. The zero-order valence-corrected chi connectivity index (χ0v) is 16.4. The Morgan fingerprint density at radius 2 is 1.93 bits per heavy atom. The van der Waals surface area contributed by atoms with Gasteiger partial charge in [-0.2, -0.15) is 0 Å². The zero-order chi connectivity index (χ0) is 19.1. The van der Waals surface area contributed by atoms with E-state index in [0.29, 0.717) is 17.5 Å². The van der Waals surface area contributed by atoms with Gasteiger partial charge < -0.3 is 9.73 Å². The molecule has 1 aromatic carbocycles. The summed E-state index contributed by atoms with van der Waals surface area (Å²) in [5.74, 6) is 1.90. The number of rotatable bonds is 9. The van der Waals surface area contributed by atoms with E-state index in [-0.39, 0.29) is 11.9 Å². The molecule has 0 radical (unpaired) electrons. The van der Waals surface area contributed by atoms with E-state index < -0.39 is 0 Å². The summed E-state index contributed by atoms with van der Waals surface area (Å²) >= 11 is 1.39. The molecule has 2 heterocycles. The van der Waals surface area contributed by atoms with Gasteiger partial charge in [0.15, 0.2) is 11.0 Å². The fourth-order valence-corrected chi connectivity index (χ4v) is 3.54. The first-order valence-electron chi connectivity index (χ1n) is 9.14. The van der Waals surface area contributed by atoms with E-state index in [0.717, 1.165) is 30.0 Å². The first-order chi connectivity index (χ1) is 13.2. The molecule has 2 aromatic heterocycles. The summed E-state index contributed by atoms with van der Waals surface area (Å²) in [6.07, 6.45) is 3.51. The molecular formula is C20H24N4O2S. The molecule has 27 heavy (non-hydrogen) atoms. The monoisotopic (exact) mass is 384 g/mol. The molecular weight excluding hydrogens is 360 g/mol. The van der Waals surface area contributed by atoms with Crippen molar-refractivity contribution in [2.45, 2.75) is 44.4 Å². The number of thioether (sulfide) groups is 1. The number of nitrogens with zero attached hydrogens (tertiary/aromatic N) is 3. The molecule has 0 atom stereocenters. The Kier molecular flexibility index (Phi) is 6.70. The van der Waals surface area contributed by atoms with Gasteiger partial charge in [0.25, 0.3) is 0 Å². The van der Waals surface area contributed by atoms with Crippen LogP contribution >= 0.6 is 11.8 Å². The first-order valence-corrected chi connectivity index (χ1v) is 10.1. The summed E-state index contributed by atoms with van der Waals surface area (Å²) in [5, 5.41) is 12.4. The van der Waals surface area contributed by atoms with Crippen molar-refractivity contribution in [1.82, 2.24) is 20.1 Å². The van der Waals surface area contributed by atoms with Gasteiger partial charge in [0.2, 0.25) is 5.91 Å². The summed E-state index contributed by atoms with van der Waals surface area (Å²) in [5.41, 5.74) is 0.977. The number of aromatic nitrogens is 3. The van der Waals surface area contributed by atoms with Crippen LogP contribution in [-0.4, -0.2) is 32.5 Å². The van der Waals surface area contributed by atoms with Gasteiger partial charge in [0.1, 0.15) is 5.76 Å². The van der Waals surface area contributed by atoms with E-state index in [2.05, 4.69) is 29.4 Å². The van der Waals surface area contributed by atoms with Crippen LogP contribution in [0, 0.1) is 0 Å². The lowest BCUT2D eigenvalue weighted by atomic mass is 10.2. The topological polar surface area (TPSA) is 73.0 Å². The van der Waals surface area contributed by atoms with Crippen LogP contribution in [0.5, 0.6) is 0 Å². The summed E-state index contributed by atoms with van der Waals surface area (Å²) in [6.45, 7) is 4.67. The molecule has 1 amide bonds. The molecule has 3 rings (SSSR count). The third-order valence-corrected chi connectivity index (χ3v) is 5.29. The van der Waals surface area contributed by atoms with E-state index >= 15 is 0 Å². The molecule has 0 aliphatic carbocycles. The van der Waals surface area contributed by atoms with E-state index in [9.17, 15) is 4.79 Å². The zero-order valence-electron chi connectivity index (χ0n) is 15.6. The molecule has 7 heteroatoms. The van der Waals surface area contributed by atoms with Crippen LogP contribution in [0.25, 0.3) is 11.4 Å². The number of carbonyl (C=O) groups is 1. The Hall–Kier alpha value is -2.54. The first kappa shape index (κ1) is 19.2. The summed E-state index contributed by atoms with van der Waals surface area (Å²) < 4.78 is 7.48. The molecule has 0 unspecified atom stereocenters. The second-order valence-electron chi connectivity index (χ2n) is 6.21. The minimum atomic E-state index is 0.0162. The van der Waals surface area contributed by atoms with E-state index in [1.807, 2.05) is 47.0 Å². The molecule has 0 aliphatic heterocycles. The quantitative estimate of drug-likeness (QED) is 0.565. The van der Waals surface area contributed by atoms with Crippen LogP contribution in [0.4, 0.5) is 0 Å². The lowest BCUT2D eigenvalue weighted by Gasteiger charge is -2.14. The van der Waals surface area contributed by atoms with Crippen molar-refractivity contribution in [1.29, 1.82) is 0 Å². The molecule has 0 spiro atoms. The number of amides is 1. The Balaban J connectivity index is 1.78. The molecule has 142 valence electrons. The van der Waals surface area contributed by atoms with Gasteiger partial charge in [-0.25, -0.2) is 0 Å². The predicted molar refractivity (Wildman–Crippen MR) is 107 cm³/mol. The second kappa shape index (κ2) is 9.41. The van der Waals surface area contributed by atoms with Crippen molar-refractivity contribution in [3.8, 4) is 11.4 Å². The van der Waals surface area contributed by atoms with Crippen molar-refractivity contribution >= 4 is 17.7 Å². The van der Waals surface area contributed by atoms with Gasteiger partial charge in [-0.3, -0.25) is 9.36 Å². The lowest BCUT2D eigenvalue weighted by Crippen LogP contribution is -2.35. The highest BCUT2D eigenvalue weighted by Gasteiger charge is 2.17. The van der Waals surface area contributed by atoms with Crippen molar-refractivity contribution in [3.05, 3.63) is 54.5 Å². The minimum absolute atomic E-state index is 0.0162.